The van der Waals surface area contributed by atoms with Gasteiger partial charge in [-0.2, -0.15) is 5.10 Å². The Bertz CT molecular complexity index is 1240. The van der Waals surface area contributed by atoms with Gasteiger partial charge in [-0.05, 0) is 19.9 Å². The normalized spacial score (nSPS) is 19.7. The standard InChI is InChI=1S/C24H27F3N6O2/c1-13(16-4-3-5-17(20(16)25)22(26)27)28-23-18-10-19(24(34)29-21(18)14(2)30-31-23)33-7-6-32-8-9-35-12-15(32)11-33/h3-5,10,13,15,22H,6-9,11-12H2,1-2H3,(H,28,31)(H,29,34)/t13-,15+/m1/s1. The molecule has 4 heterocycles. The quantitative estimate of drug-likeness (QED) is 0.561. The second-order valence-electron chi connectivity index (χ2n) is 8.99. The first-order valence-electron chi connectivity index (χ1n) is 11.6. The second kappa shape index (κ2) is 9.46. The molecule has 2 saturated heterocycles. The van der Waals surface area contributed by atoms with Gasteiger partial charge in [0.05, 0.1) is 36.6 Å². The Kier molecular flexibility index (Phi) is 6.37. The summed E-state index contributed by atoms with van der Waals surface area (Å²) >= 11 is 0. The summed E-state index contributed by atoms with van der Waals surface area (Å²) in [6, 6.07) is 5.31. The molecule has 186 valence electrons. The van der Waals surface area contributed by atoms with Gasteiger partial charge in [0, 0.05) is 37.1 Å². The Balaban J connectivity index is 1.49. The fourth-order valence-corrected chi connectivity index (χ4v) is 4.83. The number of morpholine rings is 1. The number of hydrogen-bond acceptors (Lipinski definition) is 8. The summed E-state index contributed by atoms with van der Waals surface area (Å²) in [7, 11) is 0. The van der Waals surface area contributed by atoms with E-state index in [1.54, 1.807) is 19.9 Å². The zero-order chi connectivity index (χ0) is 24.7. The predicted octanol–water partition coefficient (Wildman–Crippen LogP) is 3.81. The van der Waals surface area contributed by atoms with Crippen LogP contribution in [0.5, 0.6) is 5.88 Å². The monoisotopic (exact) mass is 488 g/mol. The number of aromatic nitrogens is 3. The van der Waals surface area contributed by atoms with E-state index in [1.165, 1.54) is 12.1 Å². The zero-order valence-electron chi connectivity index (χ0n) is 19.5. The lowest BCUT2D eigenvalue weighted by atomic mass is 10.0. The number of benzene rings is 1. The number of halogens is 3. The van der Waals surface area contributed by atoms with Gasteiger partial charge < -0.3 is 20.1 Å². The summed E-state index contributed by atoms with van der Waals surface area (Å²) in [5, 5.41) is 22.8. The molecule has 5 rings (SSSR count). The summed E-state index contributed by atoms with van der Waals surface area (Å²) in [4.78, 5) is 8.87. The van der Waals surface area contributed by atoms with Crippen molar-refractivity contribution in [2.24, 2.45) is 0 Å². The maximum Gasteiger partial charge on any atom is 0.266 e. The van der Waals surface area contributed by atoms with Crippen molar-refractivity contribution < 1.29 is 23.0 Å². The molecule has 35 heavy (non-hydrogen) atoms. The minimum absolute atomic E-state index is 0.0960. The van der Waals surface area contributed by atoms with Crippen molar-refractivity contribution in [2.45, 2.75) is 32.4 Å². The maximum absolute atomic E-state index is 14.7. The van der Waals surface area contributed by atoms with Crippen LogP contribution < -0.4 is 10.2 Å². The van der Waals surface area contributed by atoms with Crippen molar-refractivity contribution in [1.29, 1.82) is 0 Å². The lowest BCUT2D eigenvalue weighted by molar-refractivity contribution is -0.0117. The first-order chi connectivity index (χ1) is 16.8. The first kappa shape index (κ1) is 23.6. The van der Waals surface area contributed by atoms with Crippen molar-refractivity contribution in [1.82, 2.24) is 20.1 Å². The summed E-state index contributed by atoms with van der Waals surface area (Å²) in [5.74, 6) is -0.724. The largest absolute Gasteiger partial charge is 0.492 e. The van der Waals surface area contributed by atoms with E-state index in [1.807, 2.05) is 0 Å². The van der Waals surface area contributed by atoms with Crippen LogP contribution in [0.4, 0.5) is 24.7 Å². The van der Waals surface area contributed by atoms with Gasteiger partial charge in [-0.25, -0.2) is 18.2 Å². The number of alkyl halides is 2. The highest BCUT2D eigenvalue weighted by Gasteiger charge is 2.31. The van der Waals surface area contributed by atoms with E-state index in [-0.39, 0.29) is 17.5 Å². The first-order valence-corrected chi connectivity index (χ1v) is 11.6. The lowest BCUT2D eigenvalue weighted by Gasteiger charge is -2.44. The summed E-state index contributed by atoms with van der Waals surface area (Å²) in [5.41, 5.74) is 1.000. The number of anilines is 2. The fraction of sp³-hybridized carbons (Fsp3) is 0.458. The van der Waals surface area contributed by atoms with Crippen molar-refractivity contribution in [3.8, 4) is 5.88 Å². The second-order valence-corrected chi connectivity index (χ2v) is 8.99. The topological polar surface area (TPSA) is 86.6 Å². The summed E-state index contributed by atoms with van der Waals surface area (Å²) in [6.07, 6.45) is -2.91. The molecule has 0 saturated carbocycles. The summed E-state index contributed by atoms with van der Waals surface area (Å²) < 4.78 is 46.7. The van der Waals surface area contributed by atoms with Gasteiger partial charge >= 0.3 is 0 Å². The molecule has 0 unspecified atom stereocenters. The van der Waals surface area contributed by atoms with Gasteiger partial charge in [0.1, 0.15) is 17.0 Å². The van der Waals surface area contributed by atoms with Crippen molar-refractivity contribution >= 4 is 22.4 Å². The average Bonchev–Trinajstić information content (AvgIpc) is 2.85. The molecular formula is C24H27F3N6O2. The fourth-order valence-electron chi connectivity index (χ4n) is 4.83. The molecule has 2 atom stereocenters. The van der Waals surface area contributed by atoms with Gasteiger partial charge in [0.25, 0.3) is 6.43 Å². The van der Waals surface area contributed by atoms with Crippen LogP contribution in [-0.2, 0) is 4.74 Å². The lowest BCUT2D eigenvalue weighted by Crippen LogP contribution is -2.58. The molecule has 2 aromatic heterocycles. The molecule has 2 aliphatic heterocycles. The third kappa shape index (κ3) is 4.45. The van der Waals surface area contributed by atoms with Crippen LogP contribution in [0.1, 0.15) is 36.2 Å². The number of aryl methyl sites for hydroxylation is 1. The van der Waals surface area contributed by atoms with Crippen molar-refractivity contribution in [2.75, 3.05) is 49.6 Å². The average molecular weight is 489 g/mol. The molecule has 0 spiro atoms. The van der Waals surface area contributed by atoms with Crippen LogP contribution in [0.25, 0.3) is 10.9 Å². The van der Waals surface area contributed by atoms with Crippen LogP contribution >= 0.6 is 0 Å². The molecule has 2 N–H and O–H groups in total. The molecule has 2 fully saturated rings. The zero-order valence-corrected chi connectivity index (χ0v) is 19.5. The number of nitrogens with one attached hydrogen (secondary N) is 1. The number of nitrogens with zero attached hydrogens (tertiary/aromatic N) is 5. The van der Waals surface area contributed by atoms with E-state index >= 15 is 0 Å². The van der Waals surface area contributed by atoms with Crippen LogP contribution in [0.3, 0.4) is 0 Å². The van der Waals surface area contributed by atoms with E-state index in [2.05, 4.69) is 30.3 Å². The molecule has 1 aromatic carbocycles. The smallest absolute Gasteiger partial charge is 0.266 e. The number of piperazine rings is 1. The highest BCUT2D eigenvalue weighted by atomic mass is 19.3. The Morgan fingerprint density at radius 3 is 2.77 bits per heavy atom. The highest BCUT2D eigenvalue weighted by molar-refractivity contribution is 5.93. The molecule has 11 heteroatoms. The number of aromatic hydroxyl groups is 1. The molecule has 8 nitrogen and oxygen atoms in total. The molecule has 0 amide bonds. The van der Waals surface area contributed by atoms with E-state index in [0.717, 1.165) is 32.3 Å². The van der Waals surface area contributed by atoms with Gasteiger partial charge in [-0.1, -0.05) is 18.2 Å². The molecule has 0 radical (unpaired) electrons. The van der Waals surface area contributed by atoms with Crippen molar-refractivity contribution in [3.05, 3.63) is 46.9 Å². The number of hydrogen-bond donors (Lipinski definition) is 2. The third-order valence-electron chi connectivity index (χ3n) is 6.77. The third-order valence-corrected chi connectivity index (χ3v) is 6.77. The van der Waals surface area contributed by atoms with E-state index in [0.29, 0.717) is 41.3 Å². The minimum Gasteiger partial charge on any atom is -0.492 e. The number of fused-ring (bicyclic) bond motifs is 2. The molecule has 0 bridgehead atoms. The molecular weight excluding hydrogens is 461 g/mol. The number of rotatable bonds is 5. The minimum atomic E-state index is -2.91. The van der Waals surface area contributed by atoms with Crippen LogP contribution in [-0.4, -0.2) is 70.6 Å². The highest BCUT2D eigenvalue weighted by Crippen LogP contribution is 2.36. The molecule has 3 aromatic rings. The Hall–Kier alpha value is -3.18. The number of ether oxygens (including phenoxy) is 1. The number of pyridine rings is 1. The van der Waals surface area contributed by atoms with Crippen LogP contribution in [0.2, 0.25) is 0 Å². The Labute approximate surface area is 200 Å². The molecule has 2 aliphatic rings. The SMILES string of the molecule is Cc1nnc(N[C@H](C)c2cccc(C(F)F)c2F)c2cc(N3CCN4CCOC[C@@H]4C3)c(O)nc12. The van der Waals surface area contributed by atoms with Gasteiger partial charge in [-0.15, -0.1) is 5.10 Å². The summed E-state index contributed by atoms with van der Waals surface area (Å²) in [6.45, 7) is 7.91. The Morgan fingerprint density at radius 1 is 1.17 bits per heavy atom. The van der Waals surface area contributed by atoms with E-state index in [9.17, 15) is 18.3 Å². The maximum atomic E-state index is 14.7. The van der Waals surface area contributed by atoms with Gasteiger partial charge in [0.15, 0.2) is 5.82 Å². The van der Waals surface area contributed by atoms with Crippen molar-refractivity contribution in [3.63, 3.8) is 0 Å². The predicted molar refractivity (Wildman–Crippen MR) is 126 cm³/mol. The van der Waals surface area contributed by atoms with Crippen LogP contribution in [0, 0.1) is 12.7 Å². The Morgan fingerprint density at radius 2 is 1.97 bits per heavy atom. The van der Waals surface area contributed by atoms with Gasteiger partial charge in [0.2, 0.25) is 5.88 Å². The van der Waals surface area contributed by atoms with Crippen LogP contribution in [0.15, 0.2) is 24.3 Å². The van der Waals surface area contributed by atoms with E-state index in [4.69, 9.17) is 4.74 Å². The van der Waals surface area contributed by atoms with Gasteiger partial charge in [-0.3, -0.25) is 4.90 Å². The van der Waals surface area contributed by atoms with E-state index < -0.39 is 23.8 Å². The molecule has 0 aliphatic carbocycles.